The van der Waals surface area contributed by atoms with Crippen LogP contribution in [0.15, 0.2) is 60.7 Å². The monoisotopic (exact) mass is 580 g/mol. The number of Topliss-reactive ketones (excluding diaryl/α,β-unsaturated/α-hetero) is 1. The van der Waals surface area contributed by atoms with Crippen molar-refractivity contribution in [2.75, 3.05) is 6.54 Å². The minimum absolute atomic E-state index is 0.0157. The number of allylic oxidation sites excluding steroid dienone is 1. The molecule has 220 valence electrons. The van der Waals surface area contributed by atoms with Gasteiger partial charge in [-0.25, -0.2) is 14.4 Å². The maximum absolute atomic E-state index is 14.9. The third kappa shape index (κ3) is 5.45. The SMILES string of the molecule is CC(=O)c1nn(CC(=O)N2C3C[C@@H]3C[C@H]2C(=O)NC/C(F)=C(/C)c2ccccc2)c2c(C)cc(-c3cnc(C)nc3)cc12. The number of ketones is 1. The van der Waals surface area contributed by atoms with Crippen molar-refractivity contribution in [3.8, 4) is 11.1 Å². The fourth-order valence-electron chi connectivity index (χ4n) is 6.13. The van der Waals surface area contributed by atoms with Crippen molar-refractivity contribution >= 4 is 34.1 Å². The Morgan fingerprint density at radius 3 is 2.42 bits per heavy atom. The Balaban J connectivity index is 1.23. The second kappa shape index (κ2) is 11.2. The number of fused-ring (bicyclic) bond motifs is 2. The average Bonchev–Trinajstić information content (AvgIpc) is 3.49. The van der Waals surface area contributed by atoms with Gasteiger partial charge in [0.05, 0.1) is 12.1 Å². The van der Waals surface area contributed by atoms with Gasteiger partial charge >= 0.3 is 0 Å². The number of nitrogens with zero attached hydrogens (tertiary/aromatic N) is 5. The van der Waals surface area contributed by atoms with Crippen molar-refractivity contribution in [2.24, 2.45) is 5.92 Å². The molecule has 2 aliphatic rings. The van der Waals surface area contributed by atoms with E-state index in [4.69, 9.17) is 0 Å². The first-order chi connectivity index (χ1) is 20.6. The van der Waals surface area contributed by atoms with E-state index in [-0.39, 0.29) is 48.3 Å². The summed E-state index contributed by atoms with van der Waals surface area (Å²) in [5.74, 6) is -0.340. The standard InChI is InChI=1S/C33H33FN6O3/c1-18-10-23(25-14-35-21(4)36-15-25)11-26-31(20(3)41)38-39(32(18)26)17-30(42)40-28-12-24(28)13-29(40)33(43)37-16-27(34)19(2)22-8-6-5-7-9-22/h5-11,14-15,24,28-29H,12-13,16-17H2,1-4H3,(H,37,43)/b27-19+/t24-,28?,29+/m1/s1. The predicted molar refractivity (Wildman–Crippen MR) is 161 cm³/mol. The smallest absolute Gasteiger partial charge is 0.245 e. The number of carbonyl (C=O) groups excluding carboxylic acids is 3. The van der Waals surface area contributed by atoms with E-state index in [2.05, 4.69) is 20.4 Å². The summed E-state index contributed by atoms with van der Waals surface area (Å²) in [5, 5.41) is 7.91. The summed E-state index contributed by atoms with van der Waals surface area (Å²) >= 11 is 0. The summed E-state index contributed by atoms with van der Waals surface area (Å²) in [6.45, 7) is 6.50. The van der Waals surface area contributed by atoms with Crippen molar-refractivity contribution in [3.63, 3.8) is 0 Å². The largest absolute Gasteiger partial charge is 0.348 e. The molecule has 0 radical (unpaired) electrons. The molecule has 1 aliphatic carbocycles. The molecule has 43 heavy (non-hydrogen) atoms. The lowest BCUT2D eigenvalue weighted by atomic mass is 10.0. The maximum Gasteiger partial charge on any atom is 0.245 e. The number of piperidine rings is 1. The first-order valence-corrected chi connectivity index (χ1v) is 14.4. The molecular weight excluding hydrogens is 547 g/mol. The maximum atomic E-state index is 14.9. The van der Waals surface area contributed by atoms with E-state index in [1.807, 2.05) is 56.3 Å². The summed E-state index contributed by atoms with van der Waals surface area (Å²) in [5.41, 5.74) is 4.67. The van der Waals surface area contributed by atoms with Crippen LogP contribution in [-0.4, -0.2) is 60.9 Å². The van der Waals surface area contributed by atoms with Gasteiger partial charge in [0.2, 0.25) is 11.8 Å². The molecule has 9 nitrogen and oxygen atoms in total. The Hall–Kier alpha value is -4.73. The number of carbonyl (C=O) groups is 3. The van der Waals surface area contributed by atoms with E-state index >= 15 is 0 Å². The fraction of sp³-hybridized carbons (Fsp3) is 0.333. The molecular formula is C33H33FN6O3. The van der Waals surface area contributed by atoms with Gasteiger partial charge in [-0.3, -0.25) is 19.1 Å². The zero-order chi connectivity index (χ0) is 30.4. The molecule has 1 saturated carbocycles. The van der Waals surface area contributed by atoms with E-state index in [0.717, 1.165) is 28.7 Å². The minimum Gasteiger partial charge on any atom is -0.348 e. The zero-order valence-electron chi connectivity index (χ0n) is 24.6. The molecule has 2 aromatic carbocycles. The second-order valence-electron chi connectivity index (χ2n) is 11.5. The van der Waals surface area contributed by atoms with Crippen LogP contribution in [0.25, 0.3) is 27.6 Å². The highest BCUT2D eigenvalue weighted by Crippen LogP contribution is 2.48. The van der Waals surface area contributed by atoms with Crippen LogP contribution in [0.1, 0.15) is 54.1 Å². The quantitative estimate of drug-likeness (QED) is 0.299. The van der Waals surface area contributed by atoms with E-state index in [0.29, 0.717) is 28.7 Å². The Kier molecular flexibility index (Phi) is 7.37. The van der Waals surface area contributed by atoms with Crippen molar-refractivity contribution in [3.05, 3.63) is 83.3 Å². The summed E-state index contributed by atoms with van der Waals surface area (Å²) in [6.07, 6.45) is 4.86. The Morgan fingerprint density at radius 1 is 1.00 bits per heavy atom. The molecule has 1 N–H and O–H groups in total. The van der Waals surface area contributed by atoms with Gasteiger partial charge in [0.15, 0.2) is 5.78 Å². The number of aromatic nitrogens is 4. The molecule has 0 spiro atoms. The number of benzene rings is 2. The van der Waals surface area contributed by atoms with Gasteiger partial charge in [-0.2, -0.15) is 5.10 Å². The van der Waals surface area contributed by atoms with Crippen molar-refractivity contribution in [1.29, 1.82) is 0 Å². The number of nitrogens with one attached hydrogen (secondary N) is 1. The Morgan fingerprint density at radius 2 is 1.72 bits per heavy atom. The molecule has 1 aliphatic heterocycles. The molecule has 3 heterocycles. The summed E-state index contributed by atoms with van der Waals surface area (Å²) in [4.78, 5) is 49.8. The molecule has 4 aromatic rings. The van der Waals surface area contributed by atoms with E-state index in [9.17, 15) is 18.8 Å². The highest BCUT2D eigenvalue weighted by atomic mass is 19.1. The number of amides is 2. The summed E-state index contributed by atoms with van der Waals surface area (Å²) in [6, 6.07) is 12.3. The van der Waals surface area contributed by atoms with Gasteiger partial charge in [0.1, 0.15) is 29.9 Å². The normalized spacial score (nSPS) is 19.7. The minimum atomic E-state index is -0.676. The lowest BCUT2D eigenvalue weighted by molar-refractivity contribution is -0.140. The number of likely N-dealkylation sites (tertiary alicyclic amines) is 1. The highest BCUT2D eigenvalue weighted by Gasteiger charge is 2.56. The average molecular weight is 581 g/mol. The lowest BCUT2D eigenvalue weighted by Crippen LogP contribution is -2.49. The van der Waals surface area contributed by atoms with Crippen LogP contribution in [-0.2, 0) is 16.1 Å². The third-order valence-corrected chi connectivity index (χ3v) is 8.49. The van der Waals surface area contributed by atoms with E-state index in [1.165, 1.54) is 6.92 Å². The molecule has 1 saturated heterocycles. The molecule has 2 aromatic heterocycles. The Bertz CT molecular complexity index is 1780. The fourth-order valence-corrected chi connectivity index (χ4v) is 6.13. The third-order valence-electron chi connectivity index (χ3n) is 8.49. The molecule has 6 rings (SSSR count). The molecule has 2 fully saturated rings. The topological polar surface area (TPSA) is 110 Å². The predicted octanol–water partition coefficient (Wildman–Crippen LogP) is 4.82. The molecule has 10 heteroatoms. The number of halogens is 1. The highest BCUT2D eigenvalue weighted by molar-refractivity contribution is 6.07. The molecule has 3 atom stereocenters. The van der Waals surface area contributed by atoms with E-state index < -0.39 is 11.9 Å². The van der Waals surface area contributed by atoms with Crippen LogP contribution in [0, 0.1) is 19.8 Å². The molecule has 0 bridgehead atoms. The van der Waals surface area contributed by atoms with Gasteiger partial charge in [-0.15, -0.1) is 0 Å². The number of rotatable bonds is 8. The van der Waals surface area contributed by atoms with Gasteiger partial charge < -0.3 is 10.2 Å². The summed E-state index contributed by atoms with van der Waals surface area (Å²) in [7, 11) is 0. The van der Waals surface area contributed by atoms with Crippen LogP contribution in [0.4, 0.5) is 4.39 Å². The number of hydrogen-bond acceptors (Lipinski definition) is 6. The first kappa shape index (κ1) is 28.4. The van der Waals surface area contributed by atoms with Gasteiger partial charge in [-0.05, 0) is 73.9 Å². The van der Waals surface area contributed by atoms with Gasteiger partial charge in [0.25, 0.3) is 0 Å². The van der Waals surface area contributed by atoms with Gasteiger partial charge in [-0.1, -0.05) is 30.3 Å². The van der Waals surface area contributed by atoms with Gasteiger partial charge in [0, 0.05) is 36.3 Å². The van der Waals surface area contributed by atoms with Crippen molar-refractivity contribution in [1.82, 2.24) is 30.0 Å². The molecule has 1 unspecified atom stereocenters. The van der Waals surface area contributed by atoms with Crippen LogP contribution in [0.5, 0.6) is 0 Å². The van der Waals surface area contributed by atoms with Crippen LogP contribution in [0.3, 0.4) is 0 Å². The number of aryl methyl sites for hydroxylation is 2. The van der Waals surface area contributed by atoms with Crippen LogP contribution in [0.2, 0.25) is 0 Å². The van der Waals surface area contributed by atoms with Crippen LogP contribution >= 0.6 is 0 Å². The second-order valence-corrected chi connectivity index (χ2v) is 11.5. The zero-order valence-corrected chi connectivity index (χ0v) is 24.6. The first-order valence-electron chi connectivity index (χ1n) is 14.4. The number of hydrogen-bond donors (Lipinski definition) is 1. The van der Waals surface area contributed by atoms with E-state index in [1.54, 1.807) is 28.9 Å². The Labute approximate surface area is 248 Å². The van der Waals surface area contributed by atoms with Crippen molar-refractivity contribution < 1.29 is 18.8 Å². The summed E-state index contributed by atoms with van der Waals surface area (Å²) < 4.78 is 16.5. The van der Waals surface area contributed by atoms with Crippen LogP contribution < -0.4 is 5.32 Å². The van der Waals surface area contributed by atoms with Crippen molar-refractivity contribution in [2.45, 2.75) is 59.2 Å². The molecule has 2 amide bonds. The lowest BCUT2D eigenvalue weighted by Gasteiger charge is -2.27.